The van der Waals surface area contributed by atoms with Gasteiger partial charge in [-0.05, 0) is 0 Å². The minimum atomic E-state index is -10.9. The van der Waals surface area contributed by atoms with Crippen molar-refractivity contribution in [2.45, 2.75) is 0 Å². The van der Waals surface area contributed by atoms with Gasteiger partial charge in [0.2, 0.25) is 0 Å². The van der Waals surface area contributed by atoms with Crippen LogP contribution in [0.25, 0.3) is 0 Å². The van der Waals surface area contributed by atoms with Crippen LogP contribution in [-0.4, -0.2) is 81.3 Å². The Bertz CT molecular complexity index is 823. The molecule has 0 aromatic rings. The van der Waals surface area contributed by atoms with Crippen molar-refractivity contribution in [3.8, 4) is 0 Å². The van der Waals surface area contributed by atoms with Gasteiger partial charge in [0.1, 0.15) is 0 Å². The fraction of sp³-hybridized carbons (Fsp3) is 0. The molecule has 0 atom stereocenters. The molecule has 0 aromatic carbocycles. The van der Waals surface area contributed by atoms with Gasteiger partial charge in [-0.2, -0.15) is 25.3 Å². The molecule has 37 heteroatoms. The van der Waals surface area contributed by atoms with Crippen molar-refractivity contribution in [1.29, 1.82) is 0 Å². The summed E-state index contributed by atoms with van der Waals surface area (Å²) in [6.45, 7) is 0. The van der Waals surface area contributed by atoms with Gasteiger partial charge in [0.05, 0.1) is 32.0 Å². The molecule has 245 valence electrons. The monoisotopic (exact) mass is 1130 g/mol. The maximum absolute atomic E-state index is 10.9. The van der Waals surface area contributed by atoms with Crippen LogP contribution >= 0.6 is 32.0 Å². The van der Waals surface area contributed by atoms with E-state index in [1.165, 1.54) is 0 Å². The molecule has 0 aliphatic rings. The van der Waals surface area contributed by atoms with Gasteiger partial charge < -0.3 is 0 Å². The molecule has 0 heterocycles. The van der Waals surface area contributed by atoms with E-state index in [0.29, 0.717) is 0 Å². The summed E-state index contributed by atoms with van der Waals surface area (Å²) in [5, 5.41) is 0. The van der Waals surface area contributed by atoms with E-state index in [1.54, 1.807) is 0 Å². The molecule has 0 aliphatic carbocycles. The van der Waals surface area contributed by atoms with Crippen molar-refractivity contribution in [2.75, 3.05) is 0 Å². The van der Waals surface area contributed by atoms with E-state index < -0.39 is 84.4 Å². The third kappa shape index (κ3) is 10100. The molecule has 0 amide bonds. The van der Waals surface area contributed by atoms with E-state index in [1.807, 2.05) is 0 Å². The van der Waals surface area contributed by atoms with Gasteiger partial charge in [-0.3, -0.25) is 0 Å². The van der Waals surface area contributed by atoms with E-state index in [-0.39, 0.29) is 17.1 Å². The van der Waals surface area contributed by atoms with Gasteiger partial charge >= 0.3 is 155 Å². The average Bonchev–Trinajstić information content (AvgIpc) is 1.83. The number of rotatable bonds is 0. The Kier molecular flexibility index (Phi) is 18.6. The van der Waals surface area contributed by atoms with Crippen LogP contribution < -0.4 is 10.4 Å². The number of hydrogen-bond donors (Lipinski definition) is 0. The van der Waals surface area contributed by atoms with Gasteiger partial charge in [0.15, 0.2) is 0 Å². The summed E-state index contributed by atoms with van der Waals surface area (Å²) in [6.07, 6.45) is 0. The van der Waals surface area contributed by atoms with Gasteiger partial charge in [-0.1, -0.05) is 11.7 Å². The molecule has 0 rings (SSSR count). The summed E-state index contributed by atoms with van der Waals surface area (Å²) >= 11 is -32.8. The first kappa shape index (κ1) is 55.2. The second kappa shape index (κ2) is 12.5. The predicted octanol–water partition coefficient (Wildman–Crippen LogP) is 2.91. The molecular formula is Cl3F18FeO9S3Te3. The van der Waals surface area contributed by atoms with Crippen LogP contribution in [0.2, 0.25) is 0 Å². The summed E-state index contributed by atoms with van der Waals surface area (Å²) in [6, 6.07) is 0. The van der Waals surface area contributed by atoms with Gasteiger partial charge in [-0.15, -0.1) is 0 Å². The summed E-state index contributed by atoms with van der Waals surface area (Å²) in [5.74, 6) is 0. The molecule has 0 spiro atoms. The van der Waals surface area contributed by atoms with Crippen molar-refractivity contribution >= 4 is 116 Å². The van der Waals surface area contributed by atoms with E-state index in [9.17, 15) is 55.0 Å². The van der Waals surface area contributed by atoms with Crippen molar-refractivity contribution < 1.29 is 108 Å². The van der Waals surface area contributed by atoms with Crippen LogP contribution in [0.1, 0.15) is 0 Å². The molecular weight excluding hydrogens is 1130 g/mol. The predicted molar refractivity (Wildman–Crippen MR) is 81.5 cm³/mol. The van der Waals surface area contributed by atoms with Gasteiger partial charge in [-0.25, -0.2) is 0 Å². The Morgan fingerprint density at radius 1 is 0.378 bits per heavy atom. The van der Waals surface area contributed by atoms with Crippen molar-refractivity contribution in [2.24, 2.45) is 0 Å². The first-order valence-corrected chi connectivity index (χ1v) is 27.4. The molecule has 37 heavy (non-hydrogen) atoms. The van der Waals surface area contributed by atoms with E-state index in [2.05, 4.69) is 32.0 Å². The van der Waals surface area contributed by atoms with Crippen LogP contribution in [0.3, 0.4) is 0 Å². The zero-order chi connectivity index (χ0) is 32.7. The second-order valence-electron chi connectivity index (χ2n) is 3.83. The molecule has 0 saturated heterocycles. The van der Waals surface area contributed by atoms with Gasteiger partial charge in [0.25, 0.3) is 0 Å². The first-order valence-electron chi connectivity index (χ1n) is 4.74. The Morgan fingerprint density at radius 3 is 0.378 bits per heavy atom. The van der Waals surface area contributed by atoms with Crippen LogP contribution in [0.5, 0.6) is 0 Å². The third-order valence-electron chi connectivity index (χ3n) is 0. The molecule has 0 N–H and O–H groups in total. The normalized spacial score (nSPS) is 17.8. The fourth-order valence-electron chi connectivity index (χ4n) is 0. The van der Waals surface area contributed by atoms with E-state index in [4.69, 9.17) is 35.7 Å². The van der Waals surface area contributed by atoms with E-state index in [0.717, 1.165) is 0 Å². The SMILES string of the molecule is O=S(=O)(F)Cl.O=S(=O)(F)Cl.O=S(=O)(F)Cl.[Fe+3].[O-][Te](F)(F)(F)(F)F.[O-][Te](F)(F)(F)(F)F.[O-][Te](F)(F)(F)(F)F. The molecule has 9 nitrogen and oxygen atoms in total. The molecule has 0 saturated carbocycles. The molecule has 1 radical (unpaired) electrons. The van der Waals surface area contributed by atoms with Crippen molar-refractivity contribution in [3.63, 3.8) is 0 Å². The topological polar surface area (TPSA) is 172 Å². The van der Waals surface area contributed by atoms with Crippen molar-refractivity contribution in [3.05, 3.63) is 0 Å². The fourth-order valence-corrected chi connectivity index (χ4v) is 0. The number of halogens is 21. The Labute approximate surface area is 221 Å². The summed E-state index contributed by atoms with van der Waals surface area (Å²) in [7, 11) is -2.58. The van der Waals surface area contributed by atoms with Crippen LogP contribution in [0, 0.1) is 0 Å². The Balaban J connectivity index is -0.0000000585. The molecule has 0 aromatic heterocycles. The second-order valence-corrected chi connectivity index (χ2v) is 24.8. The average molecular weight is 1130 g/mol. The zero-order valence-electron chi connectivity index (χ0n) is 14.4. The van der Waals surface area contributed by atoms with Crippen molar-refractivity contribution in [1.82, 2.24) is 0 Å². The Morgan fingerprint density at radius 2 is 0.378 bits per heavy atom. The molecule has 0 unspecified atom stereocenters. The molecule has 0 aliphatic heterocycles. The summed E-state index contributed by atoms with van der Waals surface area (Å²) in [4.78, 5) is 0. The van der Waals surface area contributed by atoms with Crippen LogP contribution in [0.15, 0.2) is 0 Å². The minimum absolute atomic E-state index is 0. The molecule has 0 bridgehead atoms. The van der Waals surface area contributed by atoms with Crippen LogP contribution in [-0.2, 0) is 45.4 Å². The Hall–Kier alpha value is 2.23. The summed E-state index contributed by atoms with van der Waals surface area (Å²) < 4.78 is 258. The number of hydrogen-bond acceptors (Lipinski definition) is 9. The maximum atomic E-state index is 10.4. The standard InChI is InChI=1S/3ClFO2S.3F5HOTe.Fe/c3*1-5(2,3)4;3*1-7(2,3,4,5)6;/h;;;3*6H;/q;;;;;;+3/p-3. The zero-order valence-corrected chi connectivity index (χ0v) is 27.2. The molecule has 0 fully saturated rings. The third-order valence-corrected chi connectivity index (χ3v) is 0. The quantitative estimate of drug-likeness (QED) is 0.201. The van der Waals surface area contributed by atoms with E-state index >= 15 is 0 Å². The van der Waals surface area contributed by atoms with Crippen LogP contribution in [0.4, 0.5) is 55.0 Å². The summed E-state index contributed by atoms with van der Waals surface area (Å²) in [5.41, 5.74) is 0. The van der Waals surface area contributed by atoms with Gasteiger partial charge in [0, 0.05) is 0 Å². The first-order chi connectivity index (χ1) is 13.3.